The van der Waals surface area contributed by atoms with Gasteiger partial charge >= 0.3 is 5.69 Å². The minimum absolute atomic E-state index is 0.0188. The molecule has 28 heavy (non-hydrogen) atoms. The molecule has 0 fully saturated rings. The molecule has 0 bridgehead atoms. The first-order valence-electron chi connectivity index (χ1n) is 9.01. The van der Waals surface area contributed by atoms with Crippen molar-refractivity contribution >= 4 is 17.4 Å². The van der Waals surface area contributed by atoms with Gasteiger partial charge in [-0.2, -0.15) is 4.68 Å². The second-order valence-electron chi connectivity index (χ2n) is 6.95. The number of carbonyl (C=O) groups is 1. The summed E-state index contributed by atoms with van der Waals surface area (Å²) in [6.07, 6.45) is 0.398. The SMILES string of the molecule is COc1ccc(-n2nc(-c3cccc(Cl)c3)n(CC(=O)CC(C)C)c2=O)cc1. The van der Waals surface area contributed by atoms with Crippen molar-refractivity contribution in [1.82, 2.24) is 14.3 Å². The molecule has 1 aromatic heterocycles. The molecule has 1 heterocycles. The van der Waals surface area contributed by atoms with Crippen molar-refractivity contribution in [2.45, 2.75) is 26.8 Å². The number of methoxy groups -OCH3 is 1. The number of hydrogen-bond donors (Lipinski definition) is 0. The number of carbonyl (C=O) groups excluding carboxylic acids is 1. The van der Waals surface area contributed by atoms with E-state index in [4.69, 9.17) is 16.3 Å². The lowest BCUT2D eigenvalue weighted by Crippen LogP contribution is -2.27. The molecule has 2 aromatic carbocycles. The molecular weight excluding hydrogens is 378 g/mol. The van der Waals surface area contributed by atoms with Crippen LogP contribution in [0.2, 0.25) is 5.02 Å². The highest BCUT2D eigenvalue weighted by molar-refractivity contribution is 6.30. The first-order chi connectivity index (χ1) is 13.4. The fourth-order valence-electron chi connectivity index (χ4n) is 2.97. The van der Waals surface area contributed by atoms with Gasteiger partial charge in [0.15, 0.2) is 11.6 Å². The first kappa shape index (κ1) is 19.9. The minimum Gasteiger partial charge on any atom is -0.497 e. The number of hydrogen-bond acceptors (Lipinski definition) is 4. The second-order valence-corrected chi connectivity index (χ2v) is 7.39. The lowest BCUT2D eigenvalue weighted by molar-refractivity contribution is -0.120. The topological polar surface area (TPSA) is 66.1 Å². The number of Topliss-reactive ketones (excluding diaryl/α,β-unsaturated/α-hetero) is 1. The Kier molecular flexibility index (Phi) is 5.99. The van der Waals surface area contributed by atoms with Crippen molar-refractivity contribution in [3.05, 3.63) is 64.0 Å². The van der Waals surface area contributed by atoms with Crippen LogP contribution in [0.1, 0.15) is 20.3 Å². The fourth-order valence-corrected chi connectivity index (χ4v) is 3.16. The van der Waals surface area contributed by atoms with E-state index in [2.05, 4.69) is 5.10 Å². The van der Waals surface area contributed by atoms with E-state index in [0.717, 1.165) is 0 Å². The van der Waals surface area contributed by atoms with Gasteiger partial charge in [-0.05, 0) is 42.3 Å². The maximum Gasteiger partial charge on any atom is 0.351 e. The molecule has 0 N–H and O–H groups in total. The summed E-state index contributed by atoms with van der Waals surface area (Å²) in [4.78, 5) is 25.5. The molecule has 0 saturated carbocycles. The third-order valence-electron chi connectivity index (χ3n) is 4.23. The molecule has 7 heteroatoms. The second kappa shape index (κ2) is 8.44. The summed E-state index contributed by atoms with van der Waals surface area (Å²) >= 11 is 6.12. The van der Waals surface area contributed by atoms with Crippen LogP contribution in [0.15, 0.2) is 53.3 Å². The summed E-state index contributed by atoms with van der Waals surface area (Å²) in [5, 5.41) is 5.03. The van der Waals surface area contributed by atoms with Crippen LogP contribution in [-0.2, 0) is 11.3 Å². The van der Waals surface area contributed by atoms with Gasteiger partial charge in [0.1, 0.15) is 5.75 Å². The molecule has 6 nitrogen and oxygen atoms in total. The summed E-state index contributed by atoms with van der Waals surface area (Å²) in [5.74, 6) is 1.28. The Bertz CT molecular complexity index is 1040. The van der Waals surface area contributed by atoms with Crippen LogP contribution in [0.3, 0.4) is 0 Å². The van der Waals surface area contributed by atoms with Gasteiger partial charge in [-0.3, -0.25) is 9.36 Å². The number of rotatable bonds is 7. The number of halogens is 1. The quantitative estimate of drug-likeness (QED) is 0.602. The van der Waals surface area contributed by atoms with Crippen molar-refractivity contribution < 1.29 is 9.53 Å². The van der Waals surface area contributed by atoms with Gasteiger partial charge in [0.05, 0.1) is 19.3 Å². The van der Waals surface area contributed by atoms with Crippen LogP contribution in [0.5, 0.6) is 5.75 Å². The fraction of sp³-hybridized carbons (Fsp3) is 0.286. The van der Waals surface area contributed by atoms with Crippen LogP contribution in [0.25, 0.3) is 17.1 Å². The molecule has 0 aliphatic carbocycles. The largest absolute Gasteiger partial charge is 0.497 e. The van der Waals surface area contributed by atoms with E-state index in [1.807, 2.05) is 19.9 Å². The third kappa shape index (κ3) is 4.34. The average molecular weight is 400 g/mol. The zero-order valence-corrected chi connectivity index (χ0v) is 16.8. The number of ketones is 1. The lowest BCUT2D eigenvalue weighted by atomic mass is 10.1. The van der Waals surface area contributed by atoms with Crippen LogP contribution in [0.4, 0.5) is 0 Å². The van der Waals surface area contributed by atoms with Gasteiger partial charge < -0.3 is 4.74 Å². The minimum atomic E-state index is -0.378. The normalized spacial score (nSPS) is 11.0. The summed E-state index contributed by atoms with van der Waals surface area (Å²) < 4.78 is 7.86. The van der Waals surface area contributed by atoms with Gasteiger partial charge in [0.2, 0.25) is 0 Å². The highest BCUT2D eigenvalue weighted by atomic mass is 35.5. The Morgan fingerprint density at radius 1 is 1.18 bits per heavy atom. The number of aromatic nitrogens is 3. The van der Waals surface area contributed by atoms with E-state index >= 15 is 0 Å². The smallest absolute Gasteiger partial charge is 0.351 e. The molecule has 0 amide bonds. The van der Waals surface area contributed by atoms with Crippen LogP contribution >= 0.6 is 11.6 Å². The van der Waals surface area contributed by atoms with Gasteiger partial charge in [-0.25, -0.2) is 4.79 Å². The highest BCUT2D eigenvalue weighted by Crippen LogP contribution is 2.22. The summed E-state index contributed by atoms with van der Waals surface area (Å²) in [6, 6.07) is 14.1. The summed E-state index contributed by atoms with van der Waals surface area (Å²) in [5.41, 5.74) is 0.885. The third-order valence-corrected chi connectivity index (χ3v) is 4.47. The van der Waals surface area contributed by atoms with E-state index in [9.17, 15) is 9.59 Å². The Morgan fingerprint density at radius 2 is 1.89 bits per heavy atom. The van der Waals surface area contributed by atoms with Gasteiger partial charge in [0, 0.05) is 17.0 Å². The van der Waals surface area contributed by atoms with E-state index in [-0.39, 0.29) is 23.9 Å². The Hall–Kier alpha value is -2.86. The van der Waals surface area contributed by atoms with Gasteiger partial charge in [-0.1, -0.05) is 37.6 Å². The summed E-state index contributed by atoms with van der Waals surface area (Å²) in [6.45, 7) is 3.91. The molecule has 0 aliphatic rings. The molecule has 0 spiro atoms. The Morgan fingerprint density at radius 3 is 2.50 bits per heavy atom. The molecule has 0 radical (unpaired) electrons. The number of ether oxygens (including phenoxy) is 1. The molecule has 0 atom stereocenters. The number of benzene rings is 2. The lowest BCUT2D eigenvalue weighted by Gasteiger charge is -2.07. The van der Waals surface area contributed by atoms with Crippen molar-refractivity contribution in [3.63, 3.8) is 0 Å². The predicted octanol–water partition coefficient (Wildman–Crippen LogP) is 3.98. The van der Waals surface area contributed by atoms with Crippen LogP contribution in [-0.4, -0.2) is 27.2 Å². The number of nitrogens with zero attached hydrogens (tertiary/aromatic N) is 3. The zero-order chi connectivity index (χ0) is 20.3. The highest BCUT2D eigenvalue weighted by Gasteiger charge is 2.19. The molecule has 0 aliphatic heterocycles. The molecule has 3 aromatic rings. The van der Waals surface area contributed by atoms with E-state index in [0.29, 0.717) is 34.3 Å². The van der Waals surface area contributed by atoms with Gasteiger partial charge in [-0.15, -0.1) is 5.10 Å². The van der Waals surface area contributed by atoms with E-state index in [1.54, 1.807) is 49.6 Å². The maximum absolute atomic E-state index is 13.1. The monoisotopic (exact) mass is 399 g/mol. The molecule has 146 valence electrons. The zero-order valence-electron chi connectivity index (χ0n) is 16.1. The van der Waals surface area contributed by atoms with Gasteiger partial charge in [0.25, 0.3) is 0 Å². The van der Waals surface area contributed by atoms with Crippen molar-refractivity contribution in [1.29, 1.82) is 0 Å². The Labute approximate surface area is 168 Å². The van der Waals surface area contributed by atoms with E-state index in [1.165, 1.54) is 9.25 Å². The molecule has 0 unspecified atom stereocenters. The first-order valence-corrected chi connectivity index (χ1v) is 9.38. The Balaban J connectivity index is 2.10. The maximum atomic E-state index is 13.1. The molecule has 0 saturated heterocycles. The van der Waals surface area contributed by atoms with Crippen LogP contribution < -0.4 is 10.4 Å². The van der Waals surface area contributed by atoms with E-state index < -0.39 is 0 Å². The van der Waals surface area contributed by atoms with Crippen molar-refractivity contribution in [2.24, 2.45) is 5.92 Å². The molecule has 3 rings (SSSR count). The standard InChI is InChI=1S/C21H22ClN3O3/c1-14(2)11-18(26)13-24-20(15-5-4-6-16(22)12-15)23-25(21(24)27)17-7-9-19(28-3)10-8-17/h4-10,12,14H,11,13H2,1-3H3. The average Bonchev–Trinajstić information content (AvgIpc) is 2.98. The summed E-state index contributed by atoms with van der Waals surface area (Å²) in [7, 11) is 1.58. The van der Waals surface area contributed by atoms with Crippen molar-refractivity contribution in [2.75, 3.05) is 7.11 Å². The predicted molar refractivity (Wildman–Crippen MR) is 109 cm³/mol. The molecular formula is C21H22ClN3O3. The van der Waals surface area contributed by atoms with Crippen LogP contribution in [0, 0.1) is 5.92 Å². The van der Waals surface area contributed by atoms with Crippen molar-refractivity contribution in [3.8, 4) is 22.8 Å².